The molecule has 2 aliphatic rings. The number of guanidine groups is 1. The van der Waals surface area contributed by atoms with Crippen molar-refractivity contribution in [3.8, 4) is 0 Å². The normalized spacial score (nSPS) is 20.5. The van der Waals surface area contributed by atoms with Crippen LogP contribution >= 0.6 is 24.0 Å². The van der Waals surface area contributed by atoms with Gasteiger partial charge in [0.25, 0.3) is 0 Å². The molecule has 2 aliphatic heterocycles. The first-order valence-corrected chi connectivity index (χ1v) is 10.7. The highest BCUT2D eigenvalue weighted by atomic mass is 127. The van der Waals surface area contributed by atoms with Crippen LogP contribution in [0.25, 0.3) is 0 Å². The van der Waals surface area contributed by atoms with Crippen LogP contribution in [0.1, 0.15) is 41.5 Å². The molecule has 1 unspecified atom stereocenters. The minimum atomic E-state index is -0.454. The number of amides is 1. The Morgan fingerprint density at radius 3 is 2.31 bits per heavy atom. The molecule has 0 aliphatic carbocycles. The Balaban J connectivity index is 0.00000420. The van der Waals surface area contributed by atoms with Gasteiger partial charge < -0.3 is 25.2 Å². The maximum Gasteiger partial charge on any atom is 0.410 e. The van der Waals surface area contributed by atoms with E-state index in [1.807, 2.05) is 20.8 Å². The zero-order valence-corrected chi connectivity index (χ0v) is 21.4. The quantitative estimate of drug-likeness (QED) is 0.314. The topological polar surface area (TPSA) is 72.4 Å². The average molecular weight is 524 g/mol. The molecule has 29 heavy (non-hydrogen) atoms. The number of likely N-dealkylation sites (tertiary alicyclic amines) is 1. The SMILES string of the molecule is CCNC(=NCC(C)N1CCN(CC)CC1)NC1CN(C(=O)OC(C)(C)C)C1.I. The smallest absolute Gasteiger partial charge is 0.410 e. The lowest BCUT2D eigenvalue weighted by molar-refractivity contribution is 0.00700. The Bertz CT molecular complexity index is 526. The van der Waals surface area contributed by atoms with Crippen LogP contribution < -0.4 is 10.6 Å². The standard InChI is InChI=1S/C20H40N6O2.HI/c1-7-21-18(22-13-16(3)25-11-9-24(8-2)10-12-25)23-17-14-26(15-17)19(27)28-20(4,5)6;/h16-17H,7-15H2,1-6H3,(H2,21,22,23);1H. The molecule has 0 saturated carbocycles. The summed E-state index contributed by atoms with van der Waals surface area (Å²) in [5, 5.41) is 6.76. The van der Waals surface area contributed by atoms with Crippen molar-refractivity contribution in [2.24, 2.45) is 4.99 Å². The number of nitrogens with zero attached hydrogens (tertiary/aromatic N) is 4. The highest BCUT2D eigenvalue weighted by Crippen LogP contribution is 2.15. The summed E-state index contributed by atoms with van der Waals surface area (Å²) in [4.78, 5) is 23.6. The van der Waals surface area contributed by atoms with Crippen molar-refractivity contribution in [3.05, 3.63) is 0 Å². The van der Waals surface area contributed by atoms with Crippen LogP contribution in [0.4, 0.5) is 4.79 Å². The Kier molecular flexibility index (Phi) is 11.0. The number of rotatable bonds is 6. The molecule has 2 rings (SSSR count). The van der Waals surface area contributed by atoms with E-state index in [0.29, 0.717) is 19.1 Å². The fourth-order valence-corrected chi connectivity index (χ4v) is 3.42. The van der Waals surface area contributed by atoms with Gasteiger partial charge in [-0.25, -0.2) is 4.79 Å². The predicted molar refractivity (Wildman–Crippen MR) is 129 cm³/mol. The molecule has 0 spiro atoms. The van der Waals surface area contributed by atoms with Gasteiger partial charge in [-0.05, 0) is 41.2 Å². The summed E-state index contributed by atoms with van der Waals surface area (Å²) in [6.07, 6.45) is -0.243. The van der Waals surface area contributed by atoms with Crippen LogP contribution in [-0.4, -0.2) is 103 Å². The minimum Gasteiger partial charge on any atom is -0.444 e. The maximum absolute atomic E-state index is 12.1. The van der Waals surface area contributed by atoms with Gasteiger partial charge in [-0.1, -0.05) is 6.92 Å². The van der Waals surface area contributed by atoms with E-state index in [9.17, 15) is 4.79 Å². The molecule has 0 aromatic carbocycles. The molecule has 8 nitrogen and oxygen atoms in total. The number of piperazine rings is 1. The minimum absolute atomic E-state index is 0. The molecule has 1 atom stereocenters. The summed E-state index contributed by atoms with van der Waals surface area (Å²) >= 11 is 0. The number of ether oxygens (including phenoxy) is 1. The van der Waals surface area contributed by atoms with Crippen molar-refractivity contribution < 1.29 is 9.53 Å². The van der Waals surface area contributed by atoms with E-state index in [-0.39, 0.29) is 36.1 Å². The van der Waals surface area contributed by atoms with Gasteiger partial charge in [0.2, 0.25) is 0 Å². The summed E-state index contributed by atoms with van der Waals surface area (Å²) in [7, 11) is 0. The van der Waals surface area contributed by atoms with Crippen LogP contribution in [0.5, 0.6) is 0 Å². The summed E-state index contributed by atoms with van der Waals surface area (Å²) in [5.74, 6) is 0.829. The predicted octanol–water partition coefficient (Wildman–Crippen LogP) is 1.80. The van der Waals surface area contributed by atoms with Crippen LogP contribution in [-0.2, 0) is 4.74 Å². The zero-order chi connectivity index (χ0) is 20.7. The van der Waals surface area contributed by atoms with Crippen molar-refractivity contribution in [1.29, 1.82) is 0 Å². The number of carbonyl (C=O) groups excluding carboxylic acids is 1. The van der Waals surface area contributed by atoms with E-state index in [4.69, 9.17) is 9.73 Å². The number of nitrogens with one attached hydrogen (secondary N) is 2. The molecular formula is C20H41IN6O2. The molecular weight excluding hydrogens is 483 g/mol. The van der Waals surface area contributed by atoms with E-state index >= 15 is 0 Å². The molecule has 1 amide bonds. The molecule has 2 saturated heterocycles. The lowest BCUT2D eigenvalue weighted by atomic mass is 10.1. The fourth-order valence-electron chi connectivity index (χ4n) is 3.42. The second kappa shape index (κ2) is 12.1. The van der Waals surface area contributed by atoms with Crippen LogP contribution in [0, 0.1) is 0 Å². The Hall–Kier alpha value is -0.810. The summed E-state index contributed by atoms with van der Waals surface area (Å²) < 4.78 is 5.41. The molecule has 170 valence electrons. The van der Waals surface area contributed by atoms with Gasteiger partial charge in [-0.3, -0.25) is 9.89 Å². The second-order valence-electron chi connectivity index (χ2n) is 8.77. The average Bonchev–Trinajstić information content (AvgIpc) is 2.60. The summed E-state index contributed by atoms with van der Waals surface area (Å²) in [6.45, 7) is 20.7. The number of carbonyl (C=O) groups is 1. The summed E-state index contributed by atoms with van der Waals surface area (Å²) in [6, 6.07) is 0.642. The first kappa shape index (κ1) is 26.2. The van der Waals surface area contributed by atoms with Gasteiger partial charge in [0.1, 0.15) is 5.60 Å². The molecule has 2 N–H and O–H groups in total. The van der Waals surface area contributed by atoms with Crippen LogP contribution in [0.3, 0.4) is 0 Å². The number of aliphatic imine (C=N–C) groups is 1. The maximum atomic E-state index is 12.1. The largest absolute Gasteiger partial charge is 0.444 e. The van der Waals surface area contributed by atoms with Crippen molar-refractivity contribution in [3.63, 3.8) is 0 Å². The zero-order valence-electron chi connectivity index (χ0n) is 19.0. The first-order valence-electron chi connectivity index (χ1n) is 10.7. The number of halogens is 1. The number of likely N-dealkylation sites (N-methyl/N-ethyl adjacent to an activating group) is 1. The fraction of sp³-hybridized carbons (Fsp3) is 0.900. The van der Waals surface area contributed by atoms with Crippen molar-refractivity contribution in [2.75, 3.05) is 58.9 Å². The monoisotopic (exact) mass is 524 g/mol. The van der Waals surface area contributed by atoms with E-state index in [0.717, 1.165) is 51.8 Å². The third-order valence-electron chi connectivity index (χ3n) is 5.21. The van der Waals surface area contributed by atoms with E-state index in [1.165, 1.54) is 0 Å². The molecule has 0 aromatic heterocycles. The molecule has 0 bridgehead atoms. The van der Waals surface area contributed by atoms with Crippen LogP contribution in [0.15, 0.2) is 4.99 Å². The van der Waals surface area contributed by atoms with Gasteiger partial charge in [-0.15, -0.1) is 24.0 Å². The second-order valence-corrected chi connectivity index (χ2v) is 8.77. The molecule has 9 heteroatoms. The Labute approximate surface area is 193 Å². The molecule has 0 radical (unpaired) electrons. The van der Waals surface area contributed by atoms with E-state index in [1.54, 1.807) is 4.90 Å². The van der Waals surface area contributed by atoms with Gasteiger partial charge in [0.15, 0.2) is 5.96 Å². The Morgan fingerprint density at radius 1 is 1.17 bits per heavy atom. The third kappa shape index (κ3) is 8.84. The van der Waals surface area contributed by atoms with Crippen LogP contribution in [0.2, 0.25) is 0 Å². The number of hydrogen-bond acceptors (Lipinski definition) is 5. The van der Waals surface area contributed by atoms with Crippen molar-refractivity contribution >= 4 is 36.0 Å². The van der Waals surface area contributed by atoms with Gasteiger partial charge in [-0.2, -0.15) is 0 Å². The molecule has 2 heterocycles. The van der Waals surface area contributed by atoms with Crippen molar-refractivity contribution in [2.45, 2.75) is 59.2 Å². The first-order chi connectivity index (χ1) is 13.2. The number of hydrogen-bond donors (Lipinski definition) is 2. The van der Waals surface area contributed by atoms with Gasteiger partial charge in [0.05, 0.1) is 12.6 Å². The summed E-state index contributed by atoms with van der Waals surface area (Å²) in [5.41, 5.74) is -0.454. The lowest BCUT2D eigenvalue weighted by Gasteiger charge is -2.40. The lowest BCUT2D eigenvalue weighted by Crippen LogP contribution is -2.63. The Morgan fingerprint density at radius 2 is 1.79 bits per heavy atom. The van der Waals surface area contributed by atoms with E-state index < -0.39 is 5.60 Å². The molecule has 2 fully saturated rings. The highest BCUT2D eigenvalue weighted by Gasteiger charge is 2.34. The third-order valence-corrected chi connectivity index (χ3v) is 5.21. The van der Waals surface area contributed by atoms with E-state index in [2.05, 4.69) is 41.2 Å². The molecule has 0 aromatic rings. The highest BCUT2D eigenvalue weighted by molar-refractivity contribution is 14.0. The van der Waals surface area contributed by atoms with Crippen molar-refractivity contribution in [1.82, 2.24) is 25.3 Å². The van der Waals surface area contributed by atoms with Gasteiger partial charge >= 0.3 is 6.09 Å². The van der Waals surface area contributed by atoms with Gasteiger partial charge in [0, 0.05) is 51.9 Å².